The Kier molecular flexibility index (Phi) is 7.34. The normalized spacial score (nSPS) is 17.0. The summed E-state index contributed by atoms with van der Waals surface area (Å²) in [7, 11) is 1.77. The molecule has 1 saturated heterocycles. The number of nitrogens with one attached hydrogen (secondary N) is 1. The minimum atomic E-state index is 0.0526. The van der Waals surface area contributed by atoms with Gasteiger partial charge in [-0.05, 0) is 64.6 Å². The summed E-state index contributed by atoms with van der Waals surface area (Å²) in [4.78, 5) is 15.0. The number of anilines is 2. The molecule has 0 spiro atoms. The number of hydrogen-bond acceptors (Lipinski definition) is 3. The first-order chi connectivity index (χ1) is 15.0. The molecule has 1 heterocycles. The number of ether oxygens (including phenoxy) is 1. The third-order valence-electron chi connectivity index (χ3n) is 6.36. The minimum absolute atomic E-state index is 0.0526. The number of aryl methyl sites for hydroxylation is 1. The maximum absolute atomic E-state index is 12.6. The summed E-state index contributed by atoms with van der Waals surface area (Å²) in [6.45, 7) is 15.4. The molecule has 0 radical (unpaired) electrons. The van der Waals surface area contributed by atoms with Crippen LogP contribution in [0, 0.1) is 0 Å². The van der Waals surface area contributed by atoms with Crippen LogP contribution >= 0.6 is 0 Å². The van der Waals surface area contributed by atoms with Crippen LogP contribution in [0.15, 0.2) is 42.5 Å². The average molecular weight is 437 g/mol. The van der Waals surface area contributed by atoms with Crippen molar-refractivity contribution in [2.45, 2.75) is 77.7 Å². The van der Waals surface area contributed by atoms with Gasteiger partial charge in [-0.25, -0.2) is 0 Å². The van der Waals surface area contributed by atoms with Crippen molar-refractivity contribution in [2.75, 3.05) is 30.4 Å². The van der Waals surface area contributed by atoms with Gasteiger partial charge < -0.3 is 15.0 Å². The summed E-state index contributed by atoms with van der Waals surface area (Å²) >= 11 is 0. The average Bonchev–Trinajstić information content (AvgIpc) is 3.21. The Labute approximate surface area is 194 Å². The number of rotatable bonds is 6. The molecule has 3 rings (SSSR count). The molecule has 4 nitrogen and oxygen atoms in total. The van der Waals surface area contributed by atoms with Gasteiger partial charge in [-0.1, -0.05) is 59.7 Å². The molecule has 1 amide bonds. The Balaban J connectivity index is 1.61. The van der Waals surface area contributed by atoms with Crippen molar-refractivity contribution in [1.82, 2.24) is 0 Å². The molecule has 1 aliphatic rings. The molecule has 1 N–H and O–H groups in total. The second-order valence-electron chi connectivity index (χ2n) is 11.1. The Morgan fingerprint density at radius 3 is 2.09 bits per heavy atom. The maximum Gasteiger partial charge on any atom is 0.224 e. The lowest BCUT2D eigenvalue weighted by Gasteiger charge is -2.26. The van der Waals surface area contributed by atoms with Crippen LogP contribution < -0.4 is 10.2 Å². The summed E-state index contributed by atoms with van der Waals surface area (Å²) in [6.07, 6.45) is 2.58. The van der Waals surface area contributed by atoms with Crippen molar-refractivity contribution < 1.29 is 9.53 Å². The summed E-state index contributed by atoms with van der Waals surface area (Å²) in [5, 5.41) is 3.06. The first-order valence-electron chi connectivity index (χ1n) is 11.8. The lowest BCUT2D eigenvalue weighted by molar-refractivity contribution is -0.116. The second kappa shape index (κ2) is 9.66. The SMILES string of the molecule is COC1CCN(c2ccc(NC(=O)CCc3cc(C(C)(C)C)cc(C(C)(C)C)c3)cc2)C1. The van der Waals surface area contributed by atoms with Gasteiger partial charge in [-0.15, -0.1) is 0 Å². The van der Waals surface area contributed by atoms with Crippen molar-refractivity contribution in [3.05, 3.63) is 59.2 Å². The van der Waals surface area contributed by atoms with Gasteiger partial charge in [0.05, 0.1) is 6.10 Å². The van der Waals surface area contributed by atoms with E-state index in [1.54, 1.807) is 7.11 Å². The quantitative estimate of drug-likeness (QED) is 0.597. The molecule has 0 saturated carbocycles. The highest BCUT2D eigenvalue weighted by molar-refractivity contribution is 5.91. The predicted octanol–water partition coefficient (Wildman–Crippen LogP) is 6.08. The molecule has 2 aromatic carbocycles. The molecular formula is C28H40N2O2. The van der Waals surface area contributed by atoms with Gasteiger partial charge in [-0.2, -0.15) is 0 Å². The lowest BCUT2D eigenvalue weighted by Crippen LogP contribution is -2.22. The number of benzene rings is 2. The van der Waals surface area contributed by atoms with Crippen LogP contribution in [0.3, 0.4) is 0 Å². The summed E-state index contributed by atoms with van der Waals surface area (Å²) in [5.74, 6) is 0.0526. The van der Waals surface area contributed by atoms with Crippen LogP contribution in [0.4, 0.5) is 11.4 Å². The molecule has 1 unspecified atom stereocenters. The van der Waals surface area contributed by atoms with Crippen molar-refractivity contribution >= 4 is 17.3 Å². The number of amides is 1. The fraction of sp³-hybridized carbons (Fsp3) is 0.536. The Morgan fingerprint density at radius 2 is 1.59 bits per heavy atom. The van der Waals surface area contributed by atoms with Gasteiger partial charge in [0.25, 0.3) is 0 Å². The largest absolute Gasteiger partial charge is 0.380 e. The Morgan fingerprint density at radius 1 is 1.00 bits per heavy atom. The van der Waals surface area contributed by atoms with E-state index in [1.165, 1.54) is 22.4 Å². The zero-order valence-corrected chi connectivity index (χ0v) is 20.9. The van der Waals surface area contributed by atoms with E-state index in [0.29, 0.717) is 12.5 Å². The highest BCUT2D eigenvalue weighted by atomic mass is 16.5. The van der Waals surface area contributed by atoms with Gasteiger partial charge >= 0.3 is 0 Å². The minimum Gasteiger partial charge on any atom is -0.380 e. The molecule has 0 bridgehead atoms. The number of nitrogens with zero attached hydrogens (tertiary/aromatic N) is 1. The fourth-order valence-electron chi connectivity index (χ4n) is 4.09. The van der Waals surface area contributed by atoms with E-state index in [9.17, 15) is 4.79 Å². The fourth-order valence-corrected chi connectivity index (χ4v) is 4.09. The predicted molar refractivity (Wildman–Crippen MR) is 135 cm³/mol. The van der Waals surface area contributed by atoms with E-state index in [1.807, 2.05) is 12.1 Å². The topological polar surface area (TPSA) is 41.6 Å². The zero-order valence-electron chi connectivity index (χ0n) is 20.9. The Bertz CT molecular complexity index is 888. The van der Waals surface area contributed by atoms with E-state index in [4.69, 9.17) is 4.74 Å². The summed E-state index contributed by atoms with van der Waals surface area (Å²) in [6, 6.07) is 15.0. The molecule has 4 heteroatoms. The van der Waals surface area contributed by atoms with Crippen LogP contribution in [0.2, 0.25) is 0 Å². The number of carbonyl (C=O) groups is 1. The van der Waals surface area contributed by atoms with Crippen LogP contribution in [0.1, 0.15) is 71.1 Å². The number of hydrogen-bond donors (Lipinski definition) is 1. The maximum atomic E-state index is 12.6. The van der Waals surface area contributed by atoms with Crippen molar-refractivity contribution in [1.29, 1.82) is 0 Å². The van der Waals surface area contributed by atoms with Crippen molar-refractivity contribution in [3.8, 4) is 0 Å². The van der Waals surface area contributed by atoms with E-state index in [0.717, 1.165) is 31.6 Å². The first-order valence-corrected chi connectivity index (χ1v) is 11.8. The standard InChI is InChI=1S/C28H40N2O2/c1-27(2,3)21-16-20(17-22(18-21)28(4,5)6)8-13-26(31)29-23-9-11-24(12-10-23)30-15-14-25(19-30)32-7/h9-12,16-18,25H,8,13-15,19H2,1-7H3,(H,29,31). The monoisotopic (exact) mass is 436 g/mol. The van der Waals surface area contributed by atoms with Gasteiger partial charge in [0.2, 0.25) is 5.91 Å². The molecule has 1 atom stereocenters. The second-order valence-corrected chi connectivity index (χ2v) is 11.1. The molecule has 1 aliphatic heterocycles. The molecule has 32 heavy (non-hydrogen) atoms. The van der Waals surface area contributed by atoms with E-state index < -0.39 is 0 Å². The molecule has 0 aliphatic carbocycles. The smallest absolute Gasteiger partial charge is 0.224 e. The lowest BCUT2D eigenvalue weighted by atomic mass is 9.79. The summed E-state index contributed by atoms with van der Waals surface area (Å²) < 4.78 is 5.46. The van der Waals surface area contributed by atoms with E-state index >= 15 is 0 Å². The van der Waals surface area contributed by atoms with E-state index in [2.05, 4.69) is 82.1 Å². The van der Waals surface area contributed by atoms with Crippen molar-refractivity contribution in [3.63, 3.8) is 0 Å². The highest BCUT2D eigenvalue weighted by Gasteiger charge is 2.22. The van der Waals surface area contributed by atoms with Gasteiger partial charge in [0.15, 0.2) is 0 Å². The van der Waals surface area contributed by atoms with Crippen LogP contribution in [0.25, 0.3) is 0 Å². The zero-order chi connectivity index (χ0) is 23.5. The molecule has 174 valence electrons. The van der Waals surface area contributed by atoms with Crippen LogP contribution in [-0.4, -0.2) is 32.2 Å². The molecule has 0 aromatic heterocycles. The summed E-state index contributed by atoms with van der Waals surface area (Å²) in [5.41, 5.74) is 6.07. The number of methoxy groups -OCH3 is 1. The first kappa shape index (κ1) is 24.3. The highest BCUT2D eigenvalue weighted by Crippen LogP contribution is 2.31. The van der Waals surface area contributed by atoms with Gasteiger partial charge in [0.1, 0.15) is 0 Å². The third-order valence-corrected chi connectivity index (χ3v) is 6.36. The van der Waals surface area contributed by atoms with Gasteiger partial charge in [0, 0.05) is 38.0 Å². The molecular weight excluding hydrogens is 396 g/mol. The van der Waals surface area contributed by atoms with E-state index in [-0.39, 0.29) is 16.7 Å². The van der Waals surface area contributed by atoms with Crippen LogP contribution in [-0.2, 0) is 26.8 Å². The number of carbonyl (C=O) groups excluding carboxylic acids is 1. The molecule has 1 fully saturated rings. The van der Waals surface area contributed by atoms with Crippen molar-refractivity contribution in [2.24, 2.45) is 0 Å². The molecule has 2 aromatic rings. The van der Waals surface area contributed by atoms with Crippen LogP contribution in [0.5, 0.6) is 0 Å². The van der Waals surface area contributed by atoms with Gasteiger partial charge in [-0.3, -0.25) is 4.79 Å². The third kappa shape index (κ3) is 6.35. The Hall–Kier alpha value is -2.33.